The molecule has 0 radical (unpaired) electrons. The fraction of sp³-hybridized carbons (Fsp3) is 0.292. The number of hydrogen-bond acceptors (Lipinski definition) is 4. The summed E-state index contributed by atoms with van der Waals surface area (Å²) in [5.41, 5.74) is -0.984. The lowest BCUT2D eigenvalue weighted by molar-refractivity contribution is 0.0680. The Bertz CT molecular complexity index is 1280. The normalized spacial score (nSPS) is 16.7. The fourth-order valence-electron chi connectivity index (χ4n) is 4.04. The second-order valence-electron chi connectivity index (χ2n) is 8.32. The van der Waals surface area contributed by atoms with Crippen molar-refractivity contribution in [2.45, 2.75) is 31.2 Å². The number of aryl methyl sites for hydroxylation is 1. The van der Waals surface area contributed by atoms with Crippen molar-refractivity contribution in [3.8, 4) is 5.88 Å². The molecule has 0 aliphatic heterocycles. The summed E-state index contributed by atoms with van der Waals surface area (Å²) in [5.74, 6) is -1.71. The minimum Gasteiger partial charge on any atom is -0.478 e. The molecule has 1 aromatic heterocycles. The maximum Gasteiger partial charge on any atom is 0.335 e. The van der Waals surface area contributed by atoms with E-state index < -0.39 is 29.5 Å². The van der Waals surface area contributed by atoms with Crippen molar-refractivity contribution in [1.29, 1.82) is 0 Å². The third kappa shape index (κ3) is 4.83. The van der Waals surface area contributed by atoms with Crippen LogP contribution < -0.4 is 4.74 Å². The summed E-state index contributed by atoms with van der Waals surface area (Å²) in [6, 6.07) is 6.17. The highest BCUT2D eigenvalue weighted by Crippen LogP contribution is 2.51. The summed E-state index contributed by atoms with van der Waals surface area (Å²) in [4.78, 5) is 26.2. The van der Waals surface area contributed by atoms with E-state index in [1.165, 1.54) is 43.3 Å². The van der Waals surface area contributed by atoms with E-state index in [1.807, 2.05) is 0 Å². The molecule has 35 heavy (non-hydrogen) atoms. The van der Waals surface area contributed by atoms with Gasteiger partial charge in [-0.25, -0.2) is 18.3 Å². The highest BCUT2D eigenvalue weighted by molar-refractivity contribution is 6.34. The van der Waals surface area contributed by atoms with Crippen molar-refractivity contribution in [1.82, 2.24) is 14.7 Å². The average Bonchev–Trinajstić information content (AvgIpc) is 3.57. The van der Waals surface area contributed by atoms with E-state index in [-0.39, 0.29) is 29.2 Å². The molecule has 1 saturated carbocycles. The van der Waals surface area contributed by atoms with Crippen molar-refractivity contribution in [3.63, 3.8) is 0 Å². The molecular formula is C24H21Cl2F2N3O4. The van der Waals surface area contributed by atoms with E-state index in [1.54, 1.807) is 18.2 Å². The van der Waals surface area contributed by atoms with Crippen molar-refractivity contribution in [3.05, 3.63) is 80.7 Å². The van der Waals surface area contributed by atoms with Gasteiger partial charge in [0.25, 0.3) is 12.3 Å². The fourth-order valence-corrected chi connectivity index (χ4v) is 4.57. The van der Waals surface area contributed by atoms with Crippen molar-refractivity contribution < 1.29 is 28.2 Å². The molecule has 0 spiro atoms. The number of hydrogen-bond donors (Lipinski definition) is 1. The molecule has 1 N–H and O–H groups in total. The van der Waals surface area contributed by atoms with Gasteiger partial charge in [-0.15, -0.1) is 0 Å². The number of halogens is 4. The number of ether oxygens (including phenoxy) is 1. The van der Waals surface area contributed by atoms with Crippen LogP contribution in [0.3, 0.4) is 0 Å². The SMILES string of the molecule is CN(C(=O)c1c(C(F)F)nn(C)c1OC1=CC=C(Cl)CC(Cl)=C1)C1(c2ccc(C(=O)O)cc2)CC1. The van der Waals surface area contributed by atoms with Gasteiger partial charge >= 0.3 is 5.97 Å². The number of carboxylic acids is 1. The standard InChI is InChI=1S/C24H21Cl2F2N3O4/c1-30(24(9-10-24)14-5-3-13(4-6-14)23(33)34)21(32)18-19(20(27)28)29-31(2)22(18)35-17-8-7-15(25)11-16(26)12-17/h3-8,12,20H,9-11H2,1-2H3,(H,33,34). The first-order valence-electron chi connectivity index (χ1n) is 10.6. The number of aromatic nitrogens is 2. The Hall–Kier alpha value is -3.17. The van der Waals surface area contributed by atoms with Gasteiger partial charge in [-0.1, -0.05) is 35.3 Å². The van der Waals surface area contributed by atoms with Gasteiger partial charge < -0.3 is 14.7 Å². The third-order valence-electron chi connectivity index (χ3n) is 6.06. The van der Waals surface area contributed by atoms with Crippen LogP contribution in [0.5, 0.6) is 5.88 Å². The van der Waals surface area contributed by atoms with Crippen LogP contribution in [0.4, 0.5) is 8.78 Å². The second-order valence-corrected chi connectivity index (χ2v) is 9.29. The molecule has 0 unspecified atom stereocenters. The van der Waals surface area contributed by atoms with Crippen LogP contribution in [0.2, 0.25) is 0 Å². The molecule has 1 fully saturated rings. The van der Waals surface area contributed by atoms with Crippen molar-refractivity contribution >= 4 is 35.1 Å². The van der Waals surface area contributed by atoms with Crippen LogP contribution in [0, 0.1) is 0 Å². The molecule has 2 aliphatic carbocycles. The van der Waals surface area contributed by atoms with Crippen molar-refractivity contribution in [2.24, 2.45) is 7.05 Å². The Balaban J connectivity index is 1.71. The lowest BCUT2D eigenvalue weighted by Crippen LogP contribution is -2.37. The van der Waals surface area contributed by atoms with Crippen LogP contribution in [-0.2, 0) is 12.6 Å². The van der Waals surface area contributed by atoms with Crippen LogP contribution in [0.15, 0.2) is 58.3 Å². The van der Waals surface area contributed by atoms with Crippen molar-refractivity contribution in [2.75, 3.05) is 7.05 Å². The van der Waals surface area contributed by atoms with Crippen LogP contribution in [0.25, 0.3) is 0 Å². The zero-order valence-corrected chi connectivity index (χ0v) is 20.3. The number of nitrogens with zero attached hydrogens (tertiary/aromatic N) is 3. The van der Waals surface area contributed by atoms with Gasteiger partial charge in [0, 0.05) is 30.6 Å². The summed E-state index contributed by atoms with van der Waals surface area (Å²) in [7, 11) is 2.93. The highest BCUT2D eigenvalue weighted by atomic mass is 35.5. The monoisotopic (exact) mass is 523 g/mol. The van der Waals surface area contributed by atoms with Gasteiger partial charge in [-0.05, 0) is 48.8 Å². The molecule has 2 aliphatic rings. The van der Waals surface area contributed by atoms with Crippen LogP contribution in [0.1, 0.15) is 57.7 Å². The summed E-state index contributed by atoms with van der Waals surface area (Å²) in [5, 5.41) is 13.8. The molecule has 1 amide bonds. The van der Waals surface area contributed by atoms with E-state index in [4.69, 9.17) is 33.0 Å². The van der Waals surface area contributed by atoms with Gasteiger partial charge in [-0.2, -0.15) is 5.10 Å². The second kappa shape index (κ2) is 9.47. The maximum atomic E-state index is 13.9. The first kappa shape index (κ1) is 24.9. The Morgan fingerprint density at radius 1 is 1.17 bits per heavy atom. The number of alkyl halides is 2. The zero-order chi connectivity index (χ0) is 25.5. The van der Waals surface area contributed by atoms with Gasteiger partial charge in [0.15, 0.2) is 0 Å². The predicted octanol–water partition coefficient (Wildman–Crippen LogP) is 5.73. The van der Waals surface area contributed by atoms with Crippen LogP contribution in [-0.4, -0.2) is 38.7 Å². The summed E-state index contributed by atoms with van der Waals surface area (Å²) in [6.45, 7) is 0. The largest absolute Gasteiger partial charge is 0.478 e. The molecule has 184 valence electrons. The molecular weight excluding hydrogens is 503 g/mol. The van der Waals surface area contributed by atoms with Gasteiger partial charge in [0.1, 0.15) is 17.0 Å². The lowest BCUT2D eigenvalue weighted by Gasteiger charge is -2.29. The number of aromatic carboxylic acids is 1. The van der Waals surface area contributed by atoms with E-state index in [9.17, 15) is 18.4 Å². The summed E-state index contributed by atoms with van der Waals surface area (Å²) >= 11 is 12.2. The van der Waals surface area contributed by atoms with Gasteiger partial charge in [-0.3, -0.25) is 4.79 Å². The Kier molecular flexibility index (Phi) is 6.75. The van der Waals surface area contributed by atoms with E-state index >= 15 is 0 Å². The summed E-state index contributed by atoms with van der Waals surface area (Å²) < 4.78 is 34.8. The number of carbonyl (C=O) groups is 2. The van der Waals surface area contributed by atoms with E-state index in [0.29, 0.717) is 28.5 Å². The van der Waals surface area contributed by atoms with Crippen LogP contribution >= 0.6 is 23.2 Å². The number of amides is 1. The van der Waals surface area contributed by atoms with E-state index in [0.717, 1.165) is 4.68 Å². The Labute approximate surface area is 209 Å². The summed E-state index contributed by atoms with van der Waals surface area (Å²) in [6.07, 6.45) is 3.04. The van der Waals surface area contributed by atoms with E-state index in [2.05, 4.69) is 5.10 Å². The molecule has 1 heterocycles. The minimum atomic E-state index is -3.02. The van der Waals surface area contributed by atoms with Gasteiger partial charge in [0.2, 0.25) is 5.88 Å². The number of rotatable bonds is 7. The molecule has 1 aromatic carbocycles. The molecule has 0 atom stereocenters. The lowest BCUT2D eigenvalue weighted by atomic mass is 10.0. The average molecular weight is 524 g/mol. The molecule has 0 bridgehead atoms. The molecule has 0 saturated heterocycles. The molecule has 2 aromatic rings. The molecule has 11 heteroatoms. The minimum absolute atomic E-state index is 0.110. The number of benzene rings is 1. The maximum absolute atomic E-state index is 13.9. The predicted molar refractivity (Wildman–Crippen MR) is 126 cm³/mol. The first-order chi connectivity index (χ1) is 16.5. The zero-order valence-electron chi connectivity index (χ0n) is 18.8. The number of allylic oxidation sites excluding steroid dienone is 5. The first-order valence-corrected chi connectivity index (χ1v) is 11.4. The highest BCUT2D eigenvalue weighted by Gasteiger charge is 2.51. The topological polar surface area (TPSA) is 84.7 Å². The smallest absolute Gasteiger partial charge is 0.335 e. The Morgan fingerprint density at radius 3 is 2.40 bits per heavy atom. The molecule has 4 rings (SSSR count). The third-order valence-corrected chi connectivity index (χ3v) is 6.56. The van der Waals surface area contributed by atoms with Gasteiger partial charge in [0.05, 0.1) is 11.1 Å². The Morgan fingerprint density at radius 2 is 1.83 bits per heavy atom. The number of carboxylic acid groups (broad SMARTS) is 1. The number of carbonyl (C=O) groups excluding carboxylic acids is 1. The molecule has 7 nitrogen and oxygen atoms in total. The quantitative estimate of drug-likeness (QED) is 0.500.